The lowest BCUT2D eigenvalue weighted by atomic mass is 9.97. The normalized spacial score (nSPS) is 17.1. The lowest BCUT2D eigenvalue weighted by molar-refractivity contribution is -0.144. The summed E-state index contributed by atoms with van der Waals surface area (Å²) in [5.74, 6) is -1.72. The van der Waals surface area contributed by atoms with Crippen LogP contribution in [0.25, 0.3) is 0 Å². The van der Waals surface area contributed by atoms with E-state index in [4.69, 9.17) is 14.3 Å². The van der Waals surface area contributed by atoms with Gasteiger partial charge in [-0.1, -0.05) is 63.1 Å². The molecule has 2 aromatic rings. The molecule has 13 nitrogen and oxygen atoms in total. The molecule has 3 rings (SSSR count). The van der Waals surface area contributed by atoms with Crippen LogP contribution >= 0.6 is 0 Å². The number of nitrogens with zero attached hydrogens (tertiary/aromatic N) is 2. The van der Waals surface area contributed by atoms with E-state index < -0.39 is 30.2 Å². The number of carbonyl (C=O) groups is 4. The first-order valence-corrected chi connectivity index (χ1v) is 15.0. The highest BCUT2D eigenvalue weighted by Crippen LogP contribution is 2.22. The second kappa shape index (κ2) is 18.4. The van der Waals surface area contributed by atoms with Crippen LogP contribution < -0.4 is 16.0 Å². The summed E-state index contributed by atoms with van der Waals surface area (Å²) in [5, 5.41) is 19.3. The van der Waals surface area contributed by atoms with Crippen molar-refractivity contribution < 1.29 is 38.6 Å². The van der Waals surface area contributed by atoms with E-state index in [1.54, 1.807) is 12.3 Å². The number of aromatic nitrogens is 1. The Labute approximate surface area is 257 Å². The molecule has 44 heavy (non-hydrogen) atoms. The molecule has 1 aliphatic rings. The molecule has 3 atom stereocenters. The van der Waals surface area contributed by atoms with Gasteiger partial charge in [-0.15, -0.1) is 5.06 Å². The van der Waals surface area contributed by atoms with E-state index >= 15 is 0 Å². The Morgan fingerprint density at radius 1 is 1.05 bits per heavy atom. The van der Waals surface area contributed by atoms with Crippen molar-refractivity contribution in [3.8, 4) is 0 Å². The van der Waals surface area contributed by atoms with Crippen molar-refractivity contribution in [2.45, 2.75) is 70.7 Å². The van der Waals surface area contributed by atoms with Gasteiger partial charge in [0, 0.05) is 25.2 Å². The number of amides is 2. The van der Waals surface area contributed by atoms with E-state index in [0.29, 0.717) is 31.6 Å². The minimum atomic E-state index is -1.26. The topological polar surface area (TPSA) is 168 Å². The first-order chi connectivity index (χ1) is 21.3. The average Bonchev–Trinajstić information content (AvgIpc) is 3.41. The summed E-state index contributed by atoms with van der Waals surface area (Å²) in [6, 6.07) is 13.1. The third kappa shape index (κ3) is 11.8. The largest absolute Gasteiger partial charge is 0.528 e. The van der Waals surface area contributed by atoms with Crippen LogP contribution in [0.5, 0.6) is 0 Å². The van der Waals surface area contributed by atoms with E-state index in [0.717, 1.165) is 18.4 Å². The molecule has 1 saturated heterocycles. The van der Waals surface area contributed by atoms with Crippen LogP contribution in [0.1, 0.15) is 51.5 Å². The Kier molecular flexibility index (Phi) is 14.4. The van der Waals surface area contributed by atoms with Gasteiger partial charge in [-0.05, 0) is 37.0 Å². The van der Waals surface area contributed by atoms with Gasteiger partial charge in [-0.2, -0.15) is 0 Å². The van der Waals surface area contributed by atoms with Crippen molar-refractivity contribution in [2.75, 3.05) is 31.6 Å². The fourth-order valence-corrected chi connectivity index (χ4v) is 4.84. The summed E-state index contributed by atoms with van der Waals surface area (Å²) >= 11 is 0. The Morgan fingerprint density at radius 2 is 1.77 bits per heavy atom. The monoisotopic (exact) mass is 613 g/mol. The lowest BCUT2D eigenvalue weighted by Gasteiger charge is -2.22. The molecule has 0 spiro atoms. The molecule has 2 amide bonds. The predicted molar refractivity (Wildman–Crippen MR) is 161 cm³/mol. The average molecular weight is 614 g/mol. The van der Waals surface area contributed by atoms with Crippen LogP contribution in [0.2, 0.25) is 0 Å². The third-order valence-corrected chi connectivity index (χ3v) is 7.11. The molecular weight excluding hydrogens is 570 g/mol. The van der Waals surface area contributed by atoms with Crippen molar-refractivity contribution in [2.24, 2.45) is 5.92 Å². The maximum Gasteiger partial charge on any atom is 0.528 e. The van der Waals surface area contributed by atoms with Crippen molar-refractivity contribution in [1.82, 2.24) is 20.7 Å². The number of hydroxylamine groups is 2. The fraction of sp³-hybridized carbons (Fsp3) is 0.516. The van der Waals surface area contributed by atoms with E-state index in [9.17, 15) is 24.3 Å². The highest BCUT2D eigenvalue weighted by Gasteiger charge is 2.36. The molecule has 3 unspecified atom stereocenters. The van der Waals surface area contributed by atoms with Gasteiger partial charge in [0.25, 0.3) is 0 Å². The van der Waals surface area contributed by atoms with Crippen molar-refractivity contribution in [1.29, 1.82) is 0 Å². The number of hydrogen-bond acceptors (Lipinski definition) is 10. The van der Waals surface area contributed by atoms with Crippen LogP contribution in [-0.4, -0.2) is 83.5 Å². The number of pyridine rings is 1. The minimum absolute atomic E-state index is 0.0557. The Hall–Kier alpha value is -4.23. The molecular formula is C31H43N5O8. The number of nitrogens with one attached hydrogen (secondary N) is 3. The summed E-state index contributed by atoms with van der Waals surface area (Å²) < 4.78 is 11.1. The molecule has 2 heterocycles. The van der Waals surface area contributed by atoms with Gasteiger partial charge < -0.3 is 35.4 Å². The number of ether oxygens (including phenoxy) is 2. The molecule has 1 aromatic carbocycles. The van der Waals surface area contributed by atoms with Gasteiger partial charge in [0.05, 0.1) is 18.7 Å². The SMILES string of the molecule is CCCC(CCC)C(=O)NC(CNC(=O)COC1CC(CNc2ccccn2)N(OC(=O)OCc2ccccc2)C1)C(=O)O. The zero-order valence-corrected chi connectivity index (χ0v) is 25.3. The molecule has 0 saturated carbocycles. The van der Waals surface area contributed by atoms with Gasteiger partial charge in [-0.3, -0.25) is 9.59 Å². The number of rotatable bonds is 18. The summed E-state index contributed by atoms with van der Waals surface area (Å²) in [7, 11) is 0. The third-order valence-electron chi connectivity index (χ3n) is 7.11. The molecule has 0 radical (unpaired) electrons. The van der Waals surface area contributed by atoms with Gasteiger partial charge in [0.15, 0.2) is 0 Å². The van der Waals surface area contributed by atoms with E-state index in [1.165, 1.54) is 5.06 Å². The van der Waals surface area contributed by atoms with Crippen molar-refractivity contribution in [3.63, 3.8) is 0 Å². The quantitative estimate of drug-likeness (QED) is 0.182. The van der Waals surface area contributed by atoms with Crippen LogP contribution in [0.3, 0.4) is 0 Å². The van der Waals surface area contributed by atoms with E-state index in [1.807, 2.05) is 56.3 Å². The molecule has 0 bridgehead atoms. The Morgan fingerprint density at radius 3 is 2.43 bits per heavy atom. The molecule has 1 aromatic heterocycles. The highest BCUT2D eigenvalue weighted by atomic mass is 16.8. The smallest absolute Gasteiger partial charge is 0.480 e. The first kappa shape index (κ1) is 34.3. The standard InChI is InChI=1S/C31H43N5O8/c1-3-10-23(11-4-2)29(38)35-26(30(39)40)18-34-28(37)21-42-25-16-24(17-33-27-14-8-9-15-32-27)36(19-25)44-31(41)43-20-22-12-6-5-7-13-22/h5-9,12-15,23-26H,3-4,10-11,16-21H2,1-2H3,(H,32,33)(H,34,37)(H,35,38)(H,39,40). The van der Waals surface area contributed by atoms with Crippen molar-refractivity contribution >= 4 is 29.8 Å². The van der Waals surface area contributed by atoms with Crippen molar-refractivity contribution in [3.05, 3.63) is 60.3 Å². The maximum absolute atomic E-state index is 12.6. The molecule has 1 aliphatic heterocycles. The zero-order valence-electron chi connectivity index (χ0n) is 25.3. The zero-order chi connectivity index (χ0) is 31.7. The molecule has 240 valence electrons. The van der Waals surface area contributed by atoms with Gasteiger partial charge >= 0.3 is 12.1 Å². The predicted octanol–water partition coefficient (Wildman–Crippen LogP) is 3.12. The number of carboxylic acid groups (broad SMARTS) is 1. The van der Waals surface area contributed by atoms with E-state index in [-0.39, 0.29) is 44.2 Å². The number of carboxylic acids is 1. The van der Waals surface area contributed by atoms with Crippen LogP contribution in [0.15, 0.2) is 54.7 Å². The van der Waals surface area contributed by atoms with E-state index in [2.05, 4.69) is 20.9 Å². The molecule has 0 aliphatic carbocycles. The number of carbonyl (C=O) groups excluding carboxylic acids is 3. The van der Waals surface area contributed by atoms with Crippen LogP contribution in [0.4, 0.5) is 10.6 Å². The summed E-state index contributed by atoms with van der Waals surface area (Å²) in [6.07, 6.45) is 3.71. The number of anilines is 1. The van der Waals surface area contributed by atoms with Gasteiger partial charge in [-0.25, -0.2) is 14.6 Å². The number of aliphatic carboxylic acids is 1. The second-order valence-corrected chi connectivity index (χ2v) is 10.6. The number of benzene rings is 1. The summed E-state index contributed by atoms with van der Waals surface area (Å²) in [4.78, 5) is 59.1. The van der Waals surface area contributed by atoms with Gasteiger partial charge in [0.2, 0.25) is 11.8 Å². The first-order valence-electron chi connectivity index (χ1n) is 15.0. The molecule has 4 N–H and O–H groups in total. The summed E-state index contributed by atoms with van der Waals surface area (Å²) in [5.41, 5.74) is 0.818. The molecule has 13 heteroatoms. The number of hydrogen-bond donors (Lipinski definition) is 4. The van der Waals surface area contributed by atoms with Crippen LogP contribution in [-0.2, 0) is 35.3 Å². The second-order valence-electron chi connectivity index (χ2n) is 10.6. The summed E-state index contributed by atoms with van der Waals surface area (Å²) in [6.45, 7) is 3.94. The Bertz CT molecular complexity index is 1180. The Balaban J connectivity index is 1.50. The minimum Gasteiger partial charge on any atom is -0.480 e. The molecule has 1 fully saturated rings. The van der Waals surface area contributed by atoms with Crippen LogP contribution in [0, 0.1) is 5.92 Å². The van der Waals surface area contributed by atoms with Gasteiger partial charge in [0.1, 0.15) is 25.1 Å². The highest BCUT2D eigenvalue weighted by molar-refractivity contribution is 5.86. The fourth-order valence-electron chi connectivity index (χ4n) is 4.84. The lowest BCUT2D eigenvalue weighted by Crippen LogP contribution is -2.50. The maximum atomic E-state index is 12.6.